The molecule has 2 unspecified atom stereocenters. The summed E-state index contributed by atoms with van der Waals surface area (Å²) in [5.74, 6) is 0.964. The first-order chi connectivity index (χ1) is 10.3. The molecule has 0 radical (unpaired) electrons. The summed E-state index contributed by atoms with van der Waals surface area (Å²) in [5, 5.41) is 15.0. The van der Waals surface area contributed by atoms with Crippen molar-refractivity contribution >= 4 is 10.9 Å². The van der Waals surface area contributed by atoms with Crippen LogP contribution < -0.4 is 0 Å². The average molecular weight is 281 g/mol. The van der Waals surface area contributed by atoms with Gasteiger partial charge in [-0.1, -0.05) is 29.4 Å². The molecule has 0 spiro atoms. The van der Waals surface area contributed by atoms with Gasteiger partial charge in [0.05, 0.1) is 17.5 Å². The Morgan fingerprint density at radius 1 is 1.05 bits per heavy atom. The molecule has 1 fully saturated rings. The first kappa shape index (κ1) is 12.5. The van der Waals surface area contributed by atoms with Crippen molar-refractivity contribution in [1.29, 1.82) is 0 Å². The number of fused-ring (bicyclic) bond motifs is 1. The maximum Gasteiger partial charge on any atom is 0.232 e. The molecule has 1 aliphatic carbocycles. The third-order valence-corrected chi connectivity index (χ3v) is 4.07. The van der Waals surface area contributed by atoms with Gasteiger partial charge in [0.25, 0.3) is 0 Å². The van der Waals surface area contributed by atoms with Gasteiger partial charge in [-0.3, -0.25) is 0 Å². The molecule has 3 aromatic rings. The minimum absolute atomic E-state index is 0.0355. The van der Waals surface area contributed by atoms with Crippen LogP contribution in [0.2, 0.25) is 0 Å². The minimum atomic E-state index is -0.372. The van der Waals surface area contributed by atoms with E-state index in [1.165, 1.54) is 0 Å². The molecule has 106 valence electrons. The van der Waals surface area contributed by atoms with Gasteiger partial charge in [0.2, 0.25) is 11.7 Å². The molecule has 1 aliphatic rings. The smallest absolute Gasteiger partial charge is 0.232 e. The molecule has 1 N–H and O–H groups in total. The first-order valence-electron chi connectivity index (χ1n) is 7.19. The van der Waals surface area contributed by atoms with Crippen LogP contribution in [0.5, 0.6) is 0 Å². The van der Waals surface area contributed by atoms with E-state index in [0.717, 1.165) is 30.2 Å². The Labute approximate surface area is 121 Å². The monoisotopic (exact) mass is 281 g/mol. The van der Waals surface area contributed by atoms with Crippen molar-refractivity contribution in [2.24, 2.45) is 0 Å². The van der Waals surface area contributed by atoms with Crippen LogP contribution in [0, 0.1) is 0 Å². The summed E-state index contributed by atoms with van der Waals surface area (Å²) in [6, 6.07) is 11.8. The second-order valence-electron chi connectivity index (χ2n) is 5.45. The van der Waals surface area contributed by atoms with E-state index < -0.39 is 0 Å². The van der Waals surface area contributed by atoms with Crippen molar-refractivity contribution in [3.05, 3.63) is 42.3 Å². The Kier molecular flexibility index (Phi) is 2.93. The molecule has 5 heteroatoms. The van der Waals surface area contributed by atoms with Gasteiger partial charge in [0.1, 0.15) is 5.69 Å². The van der Waals surface area contributed by atoms with Gasteiger partial charge >= 0.3 is 0 Å². The fourth-order valence-electron chi connectivity index (χ4n) is 2.91. The van der Waals surface area contributed by atoms with E-state index in [9.17, 15) is 5.11 Å². The predicted molar refractivity (Wildman–Crippen MR) is 77.6 cm³/mol. The fourth-order valence-corrected chi connectivity index (χ4v) is 2.91. The summed E-state index contributed by atoms with van der Waals surface area (Å²) >= 11 is 0. The third kappa shape index (κ3) is 2.19. The Bertz CT molecular complexity index is 784. The van der Waals surface area contributed by atoms with Crippen molar-refractivity contribution in [2.45, 2.75) is 31.3 Å². The number of hydrogen-bond donors (Lipinski definition) is 1. The van der Waals surface area contributed by atoms with Gasteiger partial charge in [-0.2, -0.15) is 4.98 Å². The number of rotatable bonds is 2. The van der Waals surface area contributed by atoms with Crippen molar-refractivity contribution in [3.8, 4) is 11.5 Å². The van der Waals surface area contributed by atoms with Gasteiger partial charge in [0, 0.05) is 5.39 Å². The lowest BCUT2D eigenvalue weighted by Gasteiger charge is -2.07. The lowest BCUT2D eigenvalue weighted by molar-refractivity contribution is 0.148. The van der Waals surface area contributed by atoms with E-state index in [-0.39, 0.29) is 12.0 Å². The SMILES string of the molecule is OC1CCCC1c1nc(-c2ccc3ccccc3n2)no1. The van der Waals surface area contributed by atoms with Gasteiger partial charge in [-0.05, 0) is 31.4 Å². The summed E-state index contributed by atoms with van der Waals surface area (Å²) in [5.41, 5.74) is 1.60. The van der Waals surface area contributed by atoms with Gasteiger partial charge in [0.15, 0.2) is 0 Å². The molecular formula is C16H15N3O2. The number of aromatic nitrogens is 3. The summed E-state index contributed by atoms with van der Waals surface area (Å²) in [6.45, 7) is 0. The van der Waals surface area contributed by atoms with Crippen molar-refractivity contribution in [1.82, 2.24) is 15.1 Å². The zero-order chi connectivity index (χ0) is 14.2. The van der Waals surface area contributed by atoms with Gasteiger partial charge in [-0.15, -0.1) is 0 Å². The highest BCUT2D eigenvalue weighted by Crippen LogP contribution is 2.34. The highest BCUT2D eigenvalue weighted by Gasteiger charge is 2.31. The van der Waals surface area contributed by atoms with Crippen LogP contribution in [0.4, 0.5) is 0 Å². The Morgan fingerprint density at radius 2 is 1.95 bits per heavy atom. The molecule has 0 amide bonds. The molecule has 1 aromatic carbocycles. The third-order valence-electron chi connectivity index (χ3n) is 4.07. The molecule has 0 saturated heterocycles. The summed E-state index contributed by atoms with van der Waals surface area (Å²) in [4.78, 5) is 8.98. The van der Waals surface area contributed by atoms with Crippen LogP contribution in [0.1, 0.15) is 31.1 Å². The van der Waals surface area contributed by atoms with Crippen LogP contribution in [0.15, 0.2) is 40.9 Å². The first-order valence-corrected chi connectivity index (χ1v) is 7.19. The van der Waals surface area contributed by atoms with Crippen LogP contribution in [-0.2, 0) is 0 Å². The maximum absolute atomic E-state index is 9.92. The predicted octanol–water partition coefficient (Wildman–Crippen LogP) is 2.91. The van der Waals surface area contributed by atoms with Crippen LogP contribution in [0.3, 0.4) is 0 Å². The lowest BCUT2D eigenvalue weighted by atomic mass is 10.1. The van der Waals surface area contributed by atoms with Crippen molar-refractivity contribution in [2.75, 3.05) is 0 Å². The van der Waals surface area contributed by atoms with E-state index in [4.69, 9.17) is 4.52 Å². The van der Waals surface area contributed by atoms with E-state index in [1.807, 2.05) is 36.4 Å². The number of aliphatic hydroxyl groups excluding tert-OH is 1. The topological polar surface area (TPSA) is 72.0 Å². The highest BCUT2D eigenvalue weighted by molar-refractivity contribution is 5.80. The lowest BCUT2D eigenvalue weighted by Crippen LogP contribution is -2.11. The second-order valence-corrected chi connectivity index (χ2v) is 5.45. The van der Waals surface area contributed by atoms with E-state index in [2.05, 4.69) is 15.1 Å². The molecule has 1 saturated carbocycles. The van der Waals surface area contributed by atoms with Gasteiger partial charge < -0.3 is 9.63 Å². The van der Waals surface area contributed by atoms with E-state index >= 15 is 0 Å². The number of nitrogens with zero attached hydrogens (tertiary/aromatic N) is 3. The Morgan fingerprint density at radius 3 is 2.81 bits per heavy atom. The Hall–Kier alpha value is -2.27. The van der Waals surface area contributed by atoms with Gasteiger partial charge in [-0.25, -0.2) is 4.98 Å². The molecule has 2 atom stereocenters. The Balaban J connectivity index is 1.70. The number of hydrogen-bond acceptors (Lipinski definition) is 5. The quantitative estimate of drug-likeness (QED) is 0.782. The zero-order valence-corrected chi connectivity index (χ0v) is 11.4. The molecule has 5 nitrogen and oxygen atoms in total. The summed E-state index contributed by atoms with van der Waals surface area (Å²) in [6.07, 6.45) is 2.32. The standard InChI is InChI=1S/C16H15N3O2/c20-14-7-3-5-11(14)16-18-15(19-21-16)13-9-8-10-4-1-2-6-12(10)17-13/h1-2,4,6,8-9,11,14,20H,3,5,7H2. The summed E-state index contributed by atoms with van der Waals surface area (Å²) < 4.78 is 5.32. The highest BCUT2D eigenvalue weighted by atomic mass is 16.5. The van der Waals surface area contributed by atoms with Crippen LogP contribution in [0.25, 0.3) is 22.4 Å². The fraction of sp³-hybridized carbons (Fsp3) is 0.312. The zero-order valence-electron chi connectivity index (χ0n) is 11.4. The molecule has 4 rings (SSSR count). The largest absolute Gasteiger partial charge is 0.392 e. The van der Waals surface area contributed by atoms with Crippen LogP contribution >= 0.6 is 0 Å². The molecule has 0 bridgehead atoms. The van der Waals surface area contributed by atoms with Crippen molar-refractivity contribution in [3.63, 3.8) is 0 Å². The number of para-hydroxylation sites is 1. The minimum Gasteiger partial charge on any atom is -0.392 e. The molecule has 2 heterocycles. The average Bonchev–Trinajstić information content (AvgIpc) is 3.15. The molecule has 0 aliphatic heterocycles. The van der Waals surface area contributed by atoms with E-state index in [0.29, 0.717) is 17.4 Å². The number of pyridine rings is 1. The molecule has 21 heavy (non-hydrogen) atoms. The summed E-state index contributed by atoms with van der Waals surface area (Å²) in [7, 11) is 0. The maximum atomic E-state index is 9.92. The van der Waals surface area contributed by atoms with Crippen molar-refractivity contribution < 1.29 is 9.63 Å². The normalized spacial score (nSPS) is 22.0. The number of benzene rings is 1. The number of aliphatic hydroxyl groups is 1. The molecule has 2 aromatic heterocycles. The van der Waals surface area contributed by atoms with Crippen LogP contribution in [-0.4, -0.2) is 26.3 Å². The molecular weight excluding hydrogens is 266 g/mol. The second kappa shape index (κ2) is 4.93. The van der Waals surface area contributed by atoms with E-state index in [1.54, 1.807) is 0 Å².